The summed E-state index contributed by atoms with van der Waals surface area (Å²) in [4.78, 5) is 274. The molecule has 1 aromatic rings. The summed E-state index contributed by atoms with van der Waals surface area (Å²) in [6, 6.07) is -25.9. The average molecular weight is 1630 g/mol. The predicted molar refractivity (Wildman–Crippen MR) is 394 cm³/mol. The first kappa shape index (κ1) is 91.0. The average Bonchev–Trinajstić information content (AvgIpc) is 1.66. The van der Waals surface area contributed by atoms with E-state index in [0.29, 0.717) is 0 Å². The number of carboxylic acids is 1. The maximum Gasteiger partial charge on any atom is 0.305 e. The van der Waals surface area contributed by atoms with Gasteiger partial charge in [-0.05, 0) is 51.4 Å². The van der Waals surface area contributed by atoms with Gasteiger partial charge in [-0.25, -0.2) is 4.98 Å². The highest BCUT2D eigenvalue weighted by Crippen LogP contribution is 2.27. The third-order valence-electron chi connectivity index (χ3n) is 17.9. The molecule has 2 bridgehead atoms. The van der Waals surface area contributed by atoms with Gasteiger partial charge >= 0.3 is 5.97 Å². The third kappa shape index (κ3) is 27.2. The molecular weight excluding hydrogens is 1530 g/mol. The lowest BCUT2D eigenvalue weighted by molar-refractivity contribution is -0.145. The topological polar surface area (TPSA) is 681 Å². The number of carbonyl (C=O) groups is 19. The van der Waals surface area contributed by atoms with Crippen molar-refractivity contribution in [2.45, 2.75) is 196 Å². The van der Waals surface area contributed by atoms with E-state index in [2.05, 4.69) is 79.1 Å². The Bertz CT molecular complexity index is 3570. The van der Waals surface area contributed by atoms with Crippen LogP contribution in [0.15, 0.2) is 12.5 Å². The van der Waals surface area contributed by atoms with E-state index in [1.165, 1.54) is 40.2 Å². The number of nitrogens with two attached hydrogens (primary N) is 4. The molecule has 0 aliphatic carbocycles. The number of nitrogens with one attached hydrogen (secondary N) is 14. The Hall–Kier alpha value is -9.58. The van der Waals surface area contributed by atoms with Crippen molar-refractivity contribution in [1.82, 2.24) is 88.9 Å². The lowest BCUT2D eigenvalue weighted by Gasteiger charge is -2.31. The van der Waals surface area contributed by atoms with Gasteiger partial charge in [-0.15, -0.1) is 0 Å². The van der Waals surface area contributed by atoms with Crippen LogP contribution in [0.1, 0.15) is 98.6 Å². The van der Waals surface area contributed by atoms with Gasteiger partial charge in [0.05, 0.1) is 44.8 Å². The fourth-order valence-corrected chi connectivity index (χ4v) is 16.3. The highest BCUT2D eigenvalue weighted by molar-refractivity contribution is 8.77. The number of carbonyl (C=O) groups excluding carboxylic acids is 18. The van der Waals surface area contributed by atoms with Gasteiger partial charge in [0.1, 0.15) is 90.6 Å². The van der Waals surface area contributed by atoms with E-state index in [9.17, 15) is 106 Å². The quantitative estimate of drug-likeness (QED) is 0.0684. The van der Waals surface area contributed by atoms with Gasteiger partial charge in [0, 0.05) is 54.4 Å². The molecule has 4 aliphatic rings. The Labute approximate surface area is 646 Å². The highest BCUT2D eigenvalue weighted by atomic mass is 33.1. The zero-order valence-corrected chi connectivity index (χ0v) is 64.2. The van der Waals surface area contributed by atoms with Gasteiger partial charge in [-0.3, -0.25) is 91.1 Å². The molecule has 0 saturated carbocycles. The lowest BCUT2D eigenvalue weighted by Crippen LogP contribution is -2.62. The van der Waals surface area contributed by atoms with Crippen LogP contribution in [-0.4, -0.2) is 293 Å². The van der Waals surface area contributed by atoms with Crippen LogP contribution in [0.5, 0.6) is 0 Å². The molecule has 0 radical (unpaired) electrons. The van der Waals surface area contributed by atoms with Crippen molar-refractivity contribution in [1.29, 1.82) is 0 Å². The number of aromatic amines is 1. The second-order valence-electron chi connectivity index (χ2n) is 26.7. The molecule has 47 heteroatoms. The number of rotatable bonds is 16. The van der Waals surface area contributed by atoms with Crippen LogP contribution < -0.4 is 92.1 Å². The highest BCUT2D eigenvalue weighted by Gasteiger charge is 2.45. The lowest BCUT2D eigenvalue weighted by atomic mass is 9.97. The molecule has 610 valence electrons. The van der Waals surface area contributed by atoms with E-state index in [-0.39, 0.29) is 57.3 Å². The van der Waals surface area contributed by atoms with Crippen molar-refractivity contribution in [2.24, 2.45) is 34.8 Å². The first-order chi connectivity index (χ1) is 51.9. The maximum absolute atomic E-state index is 14.8. The summed E-state index contributed by atoms with van der Waals surface area (Å²) in [5.41, 5.74) is 22.8. The van der Waals surface area contributed by atoms with Gasteiger partial charge in [0.15, 0.2) is 0 Å². The molecule has 0 unspecified atom stereocenters. The number of nitrogens with zero attached hydrogens (tertiary/aromatic N) is 3. The van der Waals surface area contributed by atoms with Crippen LogP contribution in [0.3, 0.4) is 0 Å². The van der Waals surface area contributed by atoms with E-state index >= 15 is 0 Å². The van der Waals surface area contributed by atoms with E-state index < -0.39 is 276 Å². The Morgan fingerprint density at radius 1 is 0.545 bits per heavy atom. The predicted octanol–water partition coefficient (Wildman–Crippen LogP) is -10.2. The molecule has 4 fully saturated rings. The van der Waals surface area contributed by atoms with E-state index in [1.54, 1.807) is 6.92 Å². The number of fused-ring (bicyclic) bond motifs is 10. The smallest absolute Gasteiger partial charge is 0.305 e. The first-order valence-corrected chi connectivity index (χ1v) is 39.9. The molecule has 4 saturated heterocycles. The summed E-state index contributed by atoms with van der Waals surface area (Å²) in [5, 5.41) is 63.0. The van der Waals surface area contributed by atoms with Crippen LogP contribution in [0.2, 0.25) is 0 Å². The zero-order chi connectivity index (χ0) is 82.0. The van der Waals surface area contributed by atoms with Crippen molar-refractivity contribution < 1.29 is 106 Å². The van der Waals surface area contributed by atoms with Crippen molar-refractivity contribution >= 4 is 155 Å². The number of hydrogen-bond donors (Lipinski definition) is 21. The normalized spacial score (nSPS) is 28.8. The minimum Gasteiger partial charge on any atom is -0.481 e. The summed E-state index contributed by atoms with van der Waals surface area (Å²) in [6.07, 6.45) is -2.26. The van der Waals surface area contributed by atoms with Crippen molar-refractivity contribution in [2.75, 3.05) is 49.3 Å². The second kappa shape index (κ2) is 43.7. The van der Waals surface area contributed by atoms with Gasteiger partial charge in [0.2, 0.25) is 106 Å². The van der Waals surface area contributed by atoms with Crippen LogP contribution in [-0.2, 0) is 97.5 Å². The van der Waals surface area contributed by atoms with E-state index in [1.807, 2.05) is 0 Å². The number of carboxylic acid groups (broad SMARTS) is 1. The fraction of sp³-hybridized carbons (Fsp3) is 0.651. The number of aliphatic hydroxyl groups is 2. The van der Waals surface area contributed by atoms with Crippen LogP contribution >= 0.6 is 43.2 Å². The minimum atomic E-state index is -2.01. The Morgan fingerprint density at radius 2 is 1.01 bits per heavy atom. The summed E-state index contributed by atoms with van der Waals surface area (Å²) < 4.78 is 0. The number of imidazole rings is 1. The maximum atomic E-state index is 14.8. The molecule has 110 heavy (non-hydrogen) atoms. The molecular formula is C63H97N21O22S4. The molecule has 0 spiro atoms. The summed E-state index contributed by atoms with van der Waals surface area (Å²) in [7, 11) is 3.09. The number of amides is 18. The van der Waals surface area contributed by atoms with Gasteiger partial charge < -0.3 is 122 Å². The molecule has 1 aromatic heterocycles. The SMILES string of the molecule is CC[C@H](C)[C@@H]1NC(=O)[C@H](CC(=O)O)NC(=O)[C@@H]2CCCN2C(=O)[C@H](CC(N)=O)NC(=O)[C@H](CC(N)=O)NC(=O)[C@H](C(C)C)NC(=O)[C@H](CO)NC(=O)[C@@H]2CSSC[C@H](NC(=O)CN)C(=O)N[C@@H](CSSC[C@@H](C(N)=O)NC1=O)C(=O)N[C@@H]([C@@H](C)O)C(=O)N[C@@H](Cc1cnc[nH]1)C(=O)N1CCC[C@H]1C(=O)N[C@@H](C)C(=O)N2. The Balaban J connectivity index is 1.66. The minimum absolute atomic E-state index is 0.0303. The largest absolute Gasteiger partial charge is 0.481 e. The van der Waals surface area contributed by atoms with Gasteiger partial charge in [-0.1, -0.05) is 77.3 Å². The fourth-order valence-electron chi connectivity index (χ4n) is 11.6. The third-order valence-corrected chi connectivity index (χ3v) is 22.7. The molecule has 18 amide bonds. The molecule has 17 atom stereocenters. The standard InChI is InChI=1S/C63H97N21O22S4/c1-7-27(4)47-60(103)77-36(49(67)92)21-107-109-24-39-56(99)82-48(29(6)86)61(104)75-33(14-30-19-68-25-69-30)62(105)83-12-8-10-40(83)57(100)70-28(5)50(93)78-38(23-110-108-22-37(54(97)79-39)71-44(89)18-64)55(98)76-35(20-85)53(96)80-46(26(2)3)59(102)73-31(15-42(65)87)51(94)74-34(16-43(66)88)63(106)84-13-9-11-41(84)58(101)72-32(17-45(90)91)52(95)81-47/h19,25-29,31-41,46-48,85-86H,7-18,20-24,64H2,1-6H3,(H2,65,87)(H2,66,88)(H2,67,92)(H,68,69)(H,70,100)(H,71,89)(H,72,101)(H,73,102)(H,74,94)(H,75,104)(H,76,98)(H,77,103)(H,78,93)(H,79,97)(H,80,96)(H,81,95)(H,82,99)(H,90,91)/t27-,28-,29+,31-,32-,33-,34-,35-,36-,37-,38-,39-,40-,41-,46-,47-,48-/m0/s1. The zero-order valence-electron chi connectivity index (χ0n) is 61.0. The summed E-state index contributed by atoms with van der Waals surface area (Å²) in [6.45, 7) is 6.04. The van der Waals surface area contributed by atoms with Crippen molar-refractivity contribution in [3.63, 3.8) is 0 Å². The summed E-state index contributed by atoms with van der Waals surface area (Å²) in [5.74, 6) is -25.6. The monoisotopic (exact) mass is 1630 g/mol. The first-order valence-electron chi connectivity index (χ1n) is 35.0. The number of hydrogen-bond acceptors (Lipinski definition) is 27. The van der Waals surface area contributed by atoms with Gasteiger partial charge in [0.25, 0.3) is 0 Å². The Morgan fingerprint density at radius 3 is 1.55 bits per heavy atom. The molecule has 5 rings (SSSR count). The van der Waals surface area contributed by atoms with Gasteiger partial charge in [-0.2, -0.15) is 0 Å². The molecule has 0 aromatic carbocycles. The number of H-pyrrole nitrogens is 1. The molecule has 43 nitrogen and oxygen atoms in total. The number of aliphatic hydroxyl groups excluding tert-OH is 2. The summed E-state index contributed by atoms with van der Waals surface area (Å²) >= 11 is 0. The molecule has 4 aliphatic heterocycles. The van der Waals surface area contributed by atoms with E-state index in [4.69, 9.17) is 22.9 Å². The molecule has 5 heterocycles. The van der Waals surface area contributed by atoms with E-state index in [0.717, 1.165) is 59.9 Å². The van der Waals surface area contributed by atoms with Crippen LogP contribution in [0.25, 0.3) is 0 Å². The number of aliphatic carboxylic acids is 1. The Kier molecular flexibility index (Phi) is 36.2. The van der Waals surface area contributed by atoms with Crippen LogP contribution in [0, 0.1) is 11.8 Å². The van der Waals surface area contributed by atoms with Crippen molar-refractivity contribution in [3.05, 3.63) is 18.2 Å². The molecule has 25 N–H and O–H groups in total. The second-order valence-corrected chi connectivity index (χ2v) is 31.8. The van der Waals surface area contributed by atoms with Crippen molar-refractivity contribution in [3.8, 4) is 0 Å². The number of aromatic nitrogens is 2. The van der Waals surface area contributed by atoms with Crippen LogP contribution in [0.4, 0.5) is 0 Å². The number of primary amides is 3.